The summed E-state index contributed by atoms with van der Waals surface area (Å²) < 4.78 is 0. The molecule has 2 aliphatic rings. The quantitative estimate of drug-likeness (QED) is 0.703. The minimum absolute atomic E-state index is 0.155. The molecule has 0 bridgehead atoms. The molecule has 4 rings (SSSR count). The van der Waals surface area contributed by atoms with E-state index in [0.29, 0.717) is 49.7 Å². The Bertz CT molecular complexity index is 919. The van der Waals surface area contributed by atoms with E-state index in [1.54, 1.807) is 47.6 Å². The number of hydrogen-bond acceptors (Lipinski definition) is 6. The lowest BCUT2D eigenvalue weighted by molar-refractivity contribution is -0.136. The van der Waals surface area contributed by atoms with Gasteiger partial charge < -0.3 is 9.80 Å². The predicted molar refractivity (Wildman–Crippen MR) is 111 cm³/mol. The van der Waals surface area contributed by atoms with Gasteiger partial charge in [-0.15, -0.1) is 0 Å². The molecule has 0 unspecified atom stereocenters. The summed E-state index contributed by atoms with van der Waals surface area (Å²) in [5.41, 5.74) is 0.741. The lowest BCUT2D eigenvalue weighted by Gasteiger charge is -2.38. The minimum atomic E-state index is -0.795. The van der Waals surface area contributed by atoms with Gasteiger partial charge in [0, 0.05) is 38.6 Å². The van der Waals surface area contributed by atoms with Crippen LogP contribution in [0.2, 0.25) is 0 Å². The number of imide groups is 1. The highest BCUT2D eigenvalue weighted by Gasteiger charge is 2.44. The average Bonchev–Trinajstić information content (AvgIpc) is 3.02. The van der Waals surface area contributed by atoms with Crippen LogP contribution in [-0.4, -0.2) is 69.7 Å². The first-order valence-electron chi connectivity index (χ1n) is 10.2. The first kappa shape index (κ1) is 20.0. The summed E-state index contributed by atoms with van der Waals surface area (Å²) in [6.07, 6.45) is 3.83. The molecule has 2 aromatic rings. The molecule has 2 aliphatic heterocycles. The number of benzene rings is 1. The van der Waals surface area contributed by atoms with E-state index in [9.17, 15) is 14.4 Å². The molecule has 1 aromatic heterocycles. The molecule has 0 aliphatic carbocycles. The van der Waals surface area contributed by atoms with Crippen LogP contribution >= 0.6 is 0 Å². The number of piperazine rings is 1. The number of carbonyl (C=O) groups excluding carboxylic acids is 3. The van der Waals surface area contributed by atoms with Crippen LogP contribution in [0.5, 0.6) is 0 Å². The van der Waals surface area contributed by atoms with Crippen molar-refractivity contribution in [2.45, 2.75) is 26.3 Å². The van der Waals surface area contributed by atoms with E-state index in [0.717, 1.165) is 0 Å². The molecule has 156 valence electrons. The Kier molecular flexibility index (Phi) is 5.48. The van der Waals surface area contributed by atoms with Gasteiger partial charge in [0.15, 0.2) is 0 Å². The van der Waals surface area contributed by atoms with E-state index in [-0.39, 0.29) is 23.6 Å². The maximum absolute atomic E-state index is 13.4. The van der Waals surface area contributed by atoms with E-state index in [1.807, 2.05) is 18.7 Å². The summed E-state index contributed by atoms with van der Waals surface area (Å²) in [6, 6.07) is 7.73. The Hall–Kier alpha value is -3.29. The minimum Gasteiger partial charge on any atom is -0.337 e. The number of aromatic nitrogens is 2. The summed E-state index contributed by atoms with van der Waals surface area (Å²) in [7, 11) is 0. The van der Waals surface area contributed by atoms with E-state index in [2.05, 4.69) is 9.97 Å². The van der Waals surface area contributed by atoms with Crippen LogP contribution in [0.25, 0.3) is 0 Å². The lowest BCUT2D eigenvalue weighted by atomic mass is 10.0. The van der Waals surface area contributed by atoms with E-state index in [1.165, 1.54) is 4.90 Å². The molecule has 8 heteroatoms. The van der Waals surface area contributed by atoms with Crippen LogP contribution in [0.1, 0.15) is 41.0 Å². The van der Waals surface area contributed by atoms with Crippen molar-refractivity contribution < 1.29 is 14.4 Å². The highest BCUT2D eigenvalue weighted by atomic mass is 16.2. The van der Waals surface area contributed by atoms with Crippen molar-refractivity contribution in [3.63, 3.8) is 0 Å². The molecule has 0 radical (unpaired) electrons. The molecule has 3 amide bonds. The molecule has 1 aromatic carbocycles. The Morgan fingerprint density at radius 1 is 0.933 bits per heavy atom. The van der Waals surface area contributed by atoms with E-state index in [4.69, 9.17) is 0 Å². The standard InChI is InChI=1S/C22H25N5O3/c1-15(2)14-18(27-19(28)16-6-3-4-7-17(16)20(27)29)21(30)25-10-12-26(13-11-25)22-23-8-5-9-24-22/h3-9,15,18H,10-14H2,1-2H3/t18-/m1/s1. The number of nitrogens with zero attached hydrogens (tertiary/aromatic N) is 5. The Morgan fingerprint density at radius 2 is 1.50 bits per heavy atom. The van der Waals surface area contributed by atoms with Crippen molar-refractivity contribution in [3.8, 4) is 0 Å². The van der Waals surface area contributed by atoms with Gasteiger partial charge in [-0.2, -0.15) is 0 Å². The second kappa shape index (κ2) is 8.22. The molecule has 1 atom stereocenters. The van der Waals surface area contributed by atoms with Gasteiger partial charge in [0.25, 0.3) is 11.8 Å². The largest absolute Gasteiger partial charge is 0.337 e. The smallest absolute Gasteiger partial charge is 0.262 e. The van der Waals surface area contributed by atoms with Crippen LogP contribution in [0.15, 0.2) is 42.7 Å². The van der Waals surface area contributed by atoms with E-state index >= 15 is 0 Å². The third-order valence-electron chi connectivity index (χ3n) is 5.54. The molecule has 30 heavy (non-hydrogen) atoms. The van der Waals surface area contributed by atoms with Crippen molar-refractivity contribution in [1.82, 2.24) is 19.8 Å². The lowest BCUT2D eigenvalue weighted by Crippen LogP contribution is -2.56. The summed E-state index contributed by atoms with van der Waals surface area (Å²) in [5.74, 6) is -0.144. The highest BCUT2D eigenvalue weighted by Crippen LogP contribution is 2.28. The summed E-state index contributed by atoms with van der Waals surface area (Å²) >= 11 is 0. The zero-order chi connectivity index (χ0) is 21.3. The number of rotatable bonds is 5. The first-order chi connectivity index (χ1) is 14.5. The van der Waals surface area contributed by atoms with Crippen LogP contribution < -0.4 is 4.90 Å². The topological polar surface area (TPSA) is 86.7 Å². The maximum atomic E-state index is 13.4. The van der Waals surface area contributed by atoms with Gasteiger partial charge in [-0.25, -0.2) is 9.97 Å². The van der Waals surface area contributed by atoms with Gasteiger partial charge in [0.2, 0.25) is 11.9 Å². The second-order valence-electron chi connectivity index (χ2n) is 8.03. The van der Waals surface area contributed by atoms with Crippen LogP contribution in [-0.2, 0) is 4.79 Å². The van der Waals surface area contributed by atoms with Crippen molar-refractivity contribution in [3.05, 3.63) is 53.9 Å². The van der Waals surface area contributed by atoms with Gasteiger partial charge in [0.1, 0.15) is 6.04 Å². The van der Waals surface area contributed by atoms with Gasteiger partial charge in [0.05, 0.1) is 11.1 Å². The maximum Gasteiger partial charge on any atom is 0.262 e. The molecule has 0 spiro atoms. The number of hydrogen-bond donors (Lipinski definition) is 0. The van der Waals surface area contributed by atoms with Crippen molar-refractivity contribution >= 4 is 23.7 Å². The Morgan fingerprint density at radius 3 is 2.03 bits per heavy atom. The molecular weight excluding hydrogens is 382 g/mol. The van der Waals surface area contributed by atoms with Gasteiger partial charge >= 0.3 is 0 Å². The number of carbonyl (C=O) groups is 3. The predicted octanol–water partition coefficient (Wildman–Crippen LogP) is 1.84. The molecule has 1 fully saturated rings. The van der Waals surface area contributed by atoms with Crippen LogP contribution in [0.3, 0.4) is 0 Å². The summed E-state index contributed by atoms with van der Waals surface area (Å²) in [5, 5.41) is 0. The van der Waals surface area contributed by atoms with Crippen molar-refractivity contribution in [1.29, 1.82) is 0 Å². The number of amides is 3. The number of anilines is 1. The molecule has 0 N–H and O–H groups in total. The fourth-order valence-electron chi connectivity index (χ4n) is 4.05. The Balaban J connectivity index is 1.52. The van der Waals surface area contributed by atoms with Crippen LogP contribution in [0, 0.1) is 5.92 Å². The second-order valence-corrected chi connectivity index (χ2v) is 8.03. The fourth-order valence-corrected chi connectivity index (χ4v) is 4.05. The molecular formula is C22H25N5O3. The molecule has 3 heterocycles. The average molecular weight is 407 g/mol. The third kappa shape index (κ3) is 3.65. The number of fused-ring (bicyclic) bond motifs is 1. The fraction of sp³-hybridized carbons (Fsp3) is 0.409. The summed E-state index contributed by atoms with van der Waals surface area (Å²) in [6.45, 7) is 6.18. The highest BCUT2D eigenvalue weighted by molar-refractivity contribution is 6.22. The first-order valence-corrected chi connectivity index (χ1v) is 10.2. The van der Waals surface area contributed by atoms with Crippen molar-refractivity contribution in [2.75, 3.05) is 31.1 Å². The van der Waals surface area contributed by atoms with Crippen LogP contribution in [0.4, 0.5) is 5.95 Å². The monoisotopic (exact) mass is 407 g/mol. The normalized spacial score (nSPS) is 17.5. The van der Waals surface area contributed by atoms with Gasteiger partial charge in [-0.3, -0.25) is 19.3 Å². The molecule has 0 saturated carbocycles. The molecule has 1 saturated heterocycles. The summed E-state index contributed by atoms with van der Waals surface area (Å²) in [4.78, 5) is 52.8. The van der Waals surface area contributed by atoms with Crippen molar-refractivity contribution in [2.24, 2.45) is 5.92 Å². The zero-order valence-corrected chi connectivity index (χ0v) is 17.2. The van der Waals surface area contributed by atoms with Gasteiger partial charge in [-0.05, 0) is 30.5 Å². The molecule has 8 nitrogen and oxygen atoms in total. The van der Waals surface area contributed by atoms with Gasteiger partial charge in [-0.1, -0.05) is 26.0 Å². The Labute approximate surface area is 175 Å². The SMILES string of the molecule is CC(C)C[C@H](C(=O)N1CCN(c2ncccn2)CC1)N1C(=O)c2ccccc2C1=O. The third-order valence-corrected chi connectivity index (χ3v) is 5.54. The zero-order valence-electron chi connectivity index (χ0n) is 17.2. The van der Waals surface area contributed by atoms with E-state index < -0.39 is 6.04 Å².